The molecule has 0 aromatic carbocycles. The van der Waals surface area contributed by atoms with E-state index in [0.717, 1.165) is 0 Å². The summed E-state index contributed by atoms with van der Waals surface area (Å²) in [4.78, 5) is 73.5. The van der Waals surface area contributed by atoms with Crippen molar-refractivity contribution in [1.82, 2.24) is 16.0 Å². The zero-order chi connectivity index (χ0) is 26.4. The van der Waals surface area contributed by atoms with Gasteiger partial charge in [-0.2, -0.15) is 0 Å². The summed E-state index contributed by atoms with van der Waals surface area (Å²) in [6, 6.07) is -5.42. The van der Waals surface area contributed by atoms with Gasteiger partial charge in [0.25, 0.3) is 0 Å². The van der Waals surface area contributed by atoms with Gasteiger partial charge in [-0.25, -0.2) is 4.79 Å². The fraction of sp³-hybridized carbons (Fsp3) is 0.611. The molecule has 0 saturated heterocycles. The highest BCUT2D eigenvalue weighted by Crippen LogP contribution is 2.03. The first-order valence-electron chi connectivity index (χ1n) is 10.1. The third kappa shape index (κ3) is 12.8. The summed E-state index contributed by atoms with van der Waals surface area (Å²) in [5.41, 5.74) is 15.9. The molecule has 0 spiro atoms. The van der Waals surface area contributed by atoms with Crippen molar-refractivity contribution in [3.05, 3.63) is 0 Å². The maximum atomic E-state index is 12.7. The zero-order valence-electron chi connectivity index (χ0n) is 18.5. The van der Waals surface area contributed by atoms with Crippen LogP contribution >= 0.6 is 0 Å². The Kier molecular flexibility index (Phi) is 13.2. The Bertz CT molecular complexity index is 799. The van der Waals surface area contributed by atoms with Gasteiger partial charge in [-0.1, -0.05) is 0 Å². The maximum Gasteiger partial charge on any atom is 0.326 e. The summed E-state index contributed by atoms with van der Waals surface area (Å²) in [6.45, 7) is 1.36. The average Bonchev–Trinajstić information content (AvgIpc) is 2.71. The molecule has 4 unspecified atom stereocenters. The van der Waals surface area contributed by atoms with Crippen molar-refractivity contribution in [3.8, 4) is 0 Å². The summed E-state index contributed by atoms with van der Waals surface area (Å²) in [7, 11) is 0. The van der Waals surface area contributed by atoms with Crippen LogP contribution < -0.4 is 33.2 Å². The fourth-order valence-electron chi connectivity index (χ4n) is 2.53. The second-order valence-electron chi connectivity index (χ2n) is 7.28. The van der Waals surface area contributed by atoms with Crippen molar-refractivity contribution < 1.29 is 44.1 Å². The predicted molar refractivity (Wildman–Crippen MR) is 116 cm³/mol. The molecular formula is C18H31N7O9. The maximum absolute atomic E-state index is 12.7. The summed E-state index contributed by atoms with van der Waals surface area (Å²) in [5.74, 6) is -6.86. The Morgan fingerprint density at radius 2 is 1.41 bits per heavy atom. The minimum absolute atomic E-state index is 0.00114. The van der Waals surface area contributed by atoms with E-state index in [0.29, 0.717) is 0 Å². The Morgan fingerprint density at radius 1 is 0.824 bits per heavy atom. The second kappa shape index (κ2) is 15.0. The van der Waals surface area contributed by atoms with Gasteiger partial charge in [0.05, 0.1) is 12.5 Å². The Morgan fingerprint density at radius 3 is 1.91 bits per heavy atom. The van der Waals surface area contributed by atoms with Gasteiger partial charge in [-0.15, -0.1) is 0 Å². The van der Waals surface area contributed by atoms with Crippen molar-refractivity contribution in [2.45, 2.75) is 63.2 Å². The van der Waals surface area contributed by atoms with Crippen molar-refractivity contribution in [3.63, 3.8) is 0 Å². The van der Waals surface area contributed by atoms with Crippen LogP contribution in [0.1, 0.15) is 39.0 Å². The summed E-state index contributed by atoms with van der Waals surface area (Å²) in [5, 5.41) is 33.3. The van der Waals surface area contributed by atoms with Crippen molar-refractivity contribution in [2.24, 2.45) is 22.2 Å². The molecule has 0 saturated carbocycles. The molecule has 4 atom stereocenters. The molecule has 0 radical (unpaired) electrons. The molecule has 16 nitrogen and oxygen atoms in total. The third-order valence-corrected chi connectivity index (χ3v) is 4.32. The van der Waals surface area contributed by atoms with Crippen LogP contribution in [0, 0.1) is 0 Å². The number of rotatable bonds is 16. The van der Waals surface area contributed by atoms with Gasteiger partial charge in [0, 0.05) is 13.0 Å². The number of nitrogens with two attached hydrogens (primary N) is 3. The van der Waals surface area contributed by atoms with Gasteiger partial charge < -0.3 is 48.5 Å². The Balaban J connectivity index is 5.21. The lowest BCUT2D eigenvalue weighted by molar-refractivity contribution is -0.143. The van der Waals surface area contributed by atoms with Gasteiger partial charge in [0.1, 0.15) is 18.1 Å². The number of carbonyl (C=O) groups is 6. The topological polar surface area (TPSA) is 290 Å². The number of hydrogen-bond donors (Lipinski definition) is 9. The number of nitrogens with one attached hydrogen (secondary N) is 3. The quantitative estimate of drug-likeness (QED) is 0.0574. The van der Waals surface area contributed by atoms with Crippen molar-refractivity contribution in [2.75, 3.05) is 6.54 Å². The van der Waals surface area contributed by atoms with E-state index >= 15 is 0 Å². The molecule has 0 aliphatic heterocycles. The molecule has 0 aromatic rings. The molecule has 12 N–H and O–H groups in total. The number of carboxylic acid groups (broad SMARTS) is 3. The summed E-state index contributed by atoms with van der Waals surface area (Å²) >= 11 is 0. The Labute approximate surface area is 194 Å². The van der Waals surface area contributed by atoms with Crippen LogP contribution in [0.4, 0.5) is 0 Å². The molecule has 16 heteroatoms. The van der Waals surface area contributed by atoms with Crippen LogP contribution in [-0.2, 0) is 28.8 Å². The highest BCUT2D eigenvalue weighted by Gasteiger charge is 2.28. The lowest BCUT2D eigenvalue weighted by Crippen LogP contribution is -2.56. The molecule has 0 fully saturated rings. The fourth-order valence-corrected chi connectivity index (χ4v) is 2.53. The van der Waals surface area contributed by atoms with E-state index < -0.39 is 72.6 Å². The minimum Gasteiger partial charge on any atom is -0.481 e. The standard InChI is InChI=1S/C18H31N7O9/c1-8(14(30)25-11(17(33)34)4-5-12(26)27)23-16(32)10(3-2-6-22-18(20)21)24-15(31)9(19)7-13(28)29/h8-11H,2-7,19H2,1H3,(H,23,32)(H,24,31)(H,25,30)(H,26,27)(H,28,29)(H,33,34)(H4,20,21,22). The first kappa shape index (κ1) is 30.1. The van der Waals surface area contributed by atoms with E-state index in [-0.39, 0.29) is 31.8 Å². The molecule has 0 aliphatic carbocycles. The number of carbonyl (C=O) groups excluding carboxylic acids is 3. The van der Waals surface area contributed by atoms with E-state index in [1.54, 1.807) is 0 Å². The summed E-state index contributed by atoms with van der Waals surface area (Å²) < 4.78 is 0. The third-order valence-electron chi connectivity index (χ3n) is 4.32. The molecule has 0 aromatic heterocycles. The summed E-state index contributed by atoms with van der Waals surface area (Å²) in [6.07, 6.45) is -1.33. The minimum atomic E-state index is -1.49. The van der Waals surface area contributed by atoms with Crippen LogP contribution in [-0.4, -0.2) is 87.6 Å². The number of hydrogen-bond acceptors (Lipinski definition) is 8. The van der Waals surface area contributed by atoms with Gasteiger partial charge in [-0.3, -0.25) is 29.0 Å². The monoisotopic (exact) mass is 489 g/mol. The molecule has 0 bridgehead atoms. The average molecular weight is 489 g/mol. The van der Waals surface area contributed by atoms with E-state index in [9.17, 15) is 28.8 Å². The molecule has 0 aliphatic rings. The highest BCUT2D eigenvalue weighted by atomic mass is 16.4. The van der Waals surface area contributed by atoms with Gasteiger partial charge in [0.2, 0.25) is 17.7 Å². The second-order valence-corrected chi connectivity index (χ2v) is 7.28. The van der Waals surface area contributed by atoms with Crippen LogP contribution in [0.15, 0.2) is 4.99 Å². The van der Waals surface area contributed by atoms with Gasteiger partial charge in [0.15, 0.2) is 5.96 Å². The SMILES string of the molecule is CC(NC(=O)C(CCCN=C(N)N)NC(=O)C(N)CC(=O)O)C(=O)NC(CCC(=O)O)C(=O)O. The molecule has 0 heterocycles. The molecular weight excluding hydrogens is 458 g/mol. The number of carboxylic acids is 3. The van der Waals surface area contributed by atoms with Gasteiger partial charge >= 0.3 is 17.9 Å². The smallest absolute Gasteiger partial charge is 0.326 e. The zero-order valence-corrected chi connectivity index (χ0v) is 18.5. The largest absolute Gasteiger partial charge is 0.481 e. The van der Waals surface area contributed by atoms with Crippen LogP contribution in [0.2, 0.25) is 0 Å². The number of aliphatic imine (C=N–C) groups is 1. The first-order chi connectivity index (χ1) is 15.7. The predicted octanol–water partition coefficient (Wildman–Crippen LogP) is -3.73. The molecule has 3 amide bonds. The van der Waals surface area contributed by atoms with Gasteiger partial charge in [-0.05, 0) is 26.2 Å². The number of aliphatic carboxylic acids is 3. The number of amides is 3. The van der Waals surface area contributed by atoms with E-state index in [2.05, 4.69) is 20.9 Å². The normalized spacial score (nSPS) is 13.9. The lowest BCUT2D eigenvalue weighted by Gasteiger charge is -2.23. The Hall–Kier alpha value is -3.95. The number of nitrogens with zero attached hydrogens (tertiary/aromatic N) is 1. The molecule has 192 valence electrons. The molecule has 0 rings (SSSR count). The first-order valence-corrected chi connectivity index (χ1v) is 10.1. The number of guanidine groups is 1. The van der Waals surface area contributed by atoms with Crippen LogP contribution in [0.3, 0.4) is 0 Å². The highest BCUT2D eigenvalue weighted by molar-refractivity contribution is 5.94. The van der Waals surface area contributed by atoms with E-state index in [1.807, 2.05) is 0 Å². The van der Waals surface area contributed by atoms with E-state index in [1.165, 1.54) is 6.92 Å². The lowest BCUT2D eigenvalue weighted by atomic mass is 10.1. The van der Waals surface area contributed by atoms with Crippen molar-refractivity contribution >= 4 is 41.6 Å². The van der Waals surface area contributed by atoms with Crippen molar-refractivity contribution in [1.29, 1.82) is 0 Å². The molecule has 34 heavy (non-hydrogen) atoms. The van der Waals surface area contributed by atoms with E-state index in [4.69, 9.17) is 32.5 Å². The van der Waals surface area contributed by atoms with Crippen LogP contribution in [0.5, 0.6) is 0 Å². The van der Waals surface area contributed by atoms with Crippen LogP contribution in [0.25, 0.3) is 0 Å².